The molecular weight excluding hydrogens is 182 g/mol. The lowest BCUT2D eigenvalue weighted by Crippen LogP contribution is -2.10. The second-order valence-corrected chi connectivity index (χ2v) is 3.08. The number of benzene rings is 1. The maximum Gasteiger partial charge on any atom is 0.248 e. The van der Waals surface area contributed by atoms with Gasteiger partial charge in [-0.1, -0.05) is 0 Å². The molecule has 0 atom stereocenters. The first-order valence-electron chi connectivity index (χ1n) is 4.47. The third-order valence-electron chi connectivity index (χ3n) is 2.03. The highest BCUT2D eigenvalue weighted by molar-refractivity contribution is 5.93. The van der Waals surface area contributed by atoms with E-state index in [1.165, 1.54) is 0 Å². The zero-order chi connectivity index (χ0) is 9.97. The van der Waals surface area contributed by atoms with Crippen molar-refractivity contribution in [1.29, 1.82) is 0 Å². The van der Waals surface area contributed by atoms with E-state index in [0.717, 1.165) is 6.42 Å². The molecule has 1 aliphatic rings. The average Bonchev–Trinajstić information content (AvgIpc) is 2.41. The predicted octanol–water partition coefficient (Wildman–Crippen LogP) is 0.947. The standard InChI is InChI=1S/C10H11NO3/c11-10(12)7-2-3-8-9(6-7)14-5-1-4-13-8/h2-3,6H,1,4-5H2,(H2,11,12). The van der Waals surface area contributed by atoms with Gasteiger partial charge in [-0.25, -0.2) is 0 Å². The zero-order valence-electron chi connectivity index (χ0n) is 7.66. The van der Waals surface area contributed by atoms with Crippen LogP contribution in [0, 0.1) is 0 Å². The van der Waals surface area contributed by atoms with Crippen molar-refractivity contribution in [3.63, 3.8) is 0 Å². The van der Waals surface area contributed by atoms with E-state index in [4.69, 9.17) is 15.2 Å². The summed E-state index contributed by atoms with van der Waals surface area (Å²) in [6.07, 6.45) is 0.848. The summed E-state index contributed by atoms with van der Waals surface area (Å²) in [5.41, 5.74) is 5.59. The van der Waals surface area contributed by atoms with Crippen molar-refractivity contribution in [2.75, 3.05) is 13.2 Å². The summed E-state index contributed by atoms with van der Waals surface area (Å²) in [6.45, 7) is 1.25. The van der Waals surface area contributed by atoms with E-state index < -0.39 is 5.91 Å². The van der Waals surface area contributed by atoms with Crippen molar-refractivity contribution in [2.24, 2.45) is 5.73 Å². The Morgan fingerprint density at radius 3 is 2.64 bits per heavy atom. The van der Waals surface area contributed by atoms with E-state index >= 15 is 0 Å². The summed E-state index contributed by atoms with van der Waals surface area (Å²) >= 11 is 0. The molecule has 0 bridgehead atoms. The molecule has 1 amide bonds. The second-order valence-electron chi connectivity index (χ2n) is 3.08. The van der Waals surface area contributed by atoms with Crippen LogP contribution in [0.15, 0.2) is 18.2 Å². The highest BCUT2D eigenvalue weighted by Crippen LogP contribution is 2.30. The molecule has 0 radical (unpaired) electrons. The Bertz CT molecular complexity index is 362. The van der Waals surface area contributed by atoms with Crippen LogP contribution in [-0.2, 0) is 0 Å². The summed E-state index contributed by atoms with van der Waals surface area (Å²) in [5, 5.41) is 0. The molecule has 1 aromatic carbocycles. The molecule has 0 spiro atoms. The van der Waals surface area contributed by atoms with E-state index in [-0.39, 0.29) is 0 Å². The molecule has 14 heavy (non-hydrogen) atoms. The maximum absolute atomic E-state index is 10.9. The molecule has 4 nitrogen and oxygen atoms in total. The molecule has 0 unspecified atom stereocenters. The van der Waals surface area contributed by atoms with E-state index in [0.29, 0.717) is 30.3 Å². The van der Waals surface area contributed by atoms with Gasteiger partial charge < -0.3 is 15.2 Å². The monoisotopic (exact) mass is 193 g/mol. The van der Waals surface area contributed by atoms with Crippen LogP contribution in [-0.4, -0.2) is 19.1 Å². The van der Waals surface area contributed by atoms with E-state index in [9.17, 15) is 4.79 Å². The largest absolute Gasteiger partial charge is 0.490 e. The Hall–Kier alpha value is -1.71. The molecule has 0 saturated heterocycles. The van der Waals surface area contributed by atoms with Crippen molar-refractivity contribution in [3.05, 3.63) is 23.8 Å². The minimum Gasteiger partial charge on any atom is -0.490 e. The molecule has 0 aromatic heterocycles. The van der Waals surface area contributed by atoms with Crippen molar-refractivity contribution in [3.8, 4) is 11.5 Å². The first-order valence-corrected chi connectivity index (χ1v) is 4.47. The number of hydrogen-bond donors (Lipinski definition) is 1. The Labute approximate surface area is 81.6 Å². The third kappa shape index (κ3) is 1.64. The molecule has 0 fully saturated rings. The predicted molar refractivity (Wildman–Crippen MR) is 50.6 cm³/mol. The van der Waals surface area contributed by atoms with Crippen LogP contribution in [0.25, 0.3) is 0 Å². The molecule has 2 N–H and O–H groups in total. The van der Waals surface area contributed by atoms with Crippen LogP contribution in [0.3, 0.4) is 0 Å². The van der Waals surface area contributed by atoms with E-state index in [1.54, 1.807) is 18.2 Å². The molecule has 0 saturated carbocycles. The average molecular weight is 193 g/mol. The SMILES string of the molecule is NC(=O)c1ccc2c(c1)OCCCO2. The highest BCUT2D eigenvalue weighted by Gasteiger charge is 2.12. The minimum atomic E-state index is -0.458. The fourth-order valence-corrected chi connectivity index (χ4v) is 1.32. The second kappa shape index (κ2) is 3.57. The molecule has 0 aliphatic carbocycles. The Morgan fingerprint density at radius 1 is 1.21 bits per heavy atom. The summed E-state index contributed by atoms with van der Waals surface area (Å²) < 4.78 is 10.8. The number of ether oxygens (including phenoxy) is 2. The lowest BCUT2D eigenvalue weighted by molar-refractivity contribution is 0.1000. The first-order chi connectivity index (χ1) is 6.77. The van der Waals surface area contributed by atoms with Crippen molar-refractivity contribution >= 4 is 5.91 Å². The zero-order valence-corrected chi connectivity index (χ0v) is 7.66. The number of amides is 1. The Balaban J connectivity index is 2.37. The smallest absolute Gasteiger partial charge is 0.248 e. The van der Waals surface area contributed by atoms with E-state index in [1.807, 2.05) is 0 Å². The summed E-state index contributed by atoms with van der Waals surface area (Å²) in [7, 11) is 0. The number of carbonyl (C=O) groups is 1. The molecule has 74 valence electrons. The molecular formula is C10H11NO3. The summed E-state index contributed by atoms with van der Waals surface area (Å²) in [6, 6.07) is 4.96. The number of rotatable bonds is 1. The molecule has 1 aliphatic heterocycles. The van der Waals surface area contributed by atoms with Gasteiger partial charge in [0.1, 0.15) is 0 Å². The van der Waals surface area contributed by atoms with Crippen molar-refractivity contribution < 1.29 is 14.3 Å². The quantitative estimate of drug-likeness (QED) is 0.722. The number of fused-ring (bicyclic) bond motifs is 1. The van der Waals surface area contributed by atoms with Crippen LogP contribution in [0.5, 0.6) is 11.5 Å². The van der Waals surface area contributed by atoms with Gasteiger partial charge in [0.05, 0.1) is 13.2 Å². The van der Waals surface area contributed by atoms with E-state index in [2.05, 4.69) is 0 Å². The van der Waals surface area contributed by atoms with Gasteiger partial charge in [0, 0.05) is 12.0 Å². The van der Waals surface area contributed by atoms with Gasteiger partial charge in [0.15, 0.2) is 11.5 Å². The van der Waals surface area contributed by atoms with Crippen molar-refractivity contribution in [2.45, 2.75) is 6.42 Å². The van der Waals surface area contributed by atoms with Gasteiger partial charge in [0.25, 0.3) is 0 Å². The molecule has 1 heterocycles. The fraction of sp³-hybridized carbons (Fsp3) is 0.300. The third-order valence-corrected chi connectivity index (χ3v) is 2.03. The van der Waals surface area contributed by atoms with Gasteiger partial charge >= 0.3 is 0 Å². The summed E-state index contributed by atoms with van der Waals surface area (Å²) in [5.74, 6) is 0.812. The van der Waals surface area contributed by atoms with Crippen LogP contribution >= 0.6 is 0 Å². The summed E-state index contributed by atoms with van der Waals surface area (Å²) in [4.78, 5) is 10.9. The van der Waals surface area contributed by atoms with Crippen LogP contribution in [0.1, 0.15) is 16.8 Å². The van der Waals surface area contributed by atoms with Gasteiger partial charge in [0.2, 0.25) is 5.91 Å². The number of nitrogens with two attached hydrogens (primary N) is 1. The Morgan fingerprint density at radius 2 is 1.93 bits per heavy atom. The number of hydrogen-bond acceptors (Lipinski definition) is 3. The fourth-order valence-electron chi connectivity index (χ4n) is 1.32. The van der Waals surface area contributed by atoms with Crippen molar-refractivity contribution in [1.82, 2.24) is 0 Å². The lowest BCUT2D eigenvalue weighted by atomic mass is 10.2. The number of carbonyl (C=O) groups excluding carboxylic acids is 1. The Kier molecular flexibility index (Phi) is 2.26. The molecule has 1 aromatic rings. The van der Waals surface area contributed by atoms with Gasteiger partial charge in [-0.3, -0.25) is 4.79 Å². The maximum atomic E-state index is 10.9. The highest BCUT2D eigenvalue weighted by atomic mass is 16.5. The van der Waals surface area contributed by atoms with Crippen LogP contribution in [0.2, 0.25) is 0 Å². The van der Waals surface area contributed by atoms with Gasteiger partial charge in [-0.05, 0) is 18.2 Å². The normalized spacial score (nSPS) is 14.6. The number of primary amides is 1. The van der Waals surface area contributed by atoms with Gasteiger partial charge in [-0.15, -0.1) is 0 Å². The van der Waals surface area contributed by atoms with Crippen LogP contribution < -0.4 is 15.2 Å². The lowest BCUT2D eigenvalue weighted by Gasteiger charge is -2.07. The van der Waals surface area contributed by atoms with Gasteiger partial charge in [-0.2, -0.15) is 0 Å². The molecule has 2 rings (SSSR count). The topological polar surface area (TPSA) is 61.6 Å². The van der Waals surface area contributed by atoms with Crippen LogP contribution in [0.4, 0.5) is 0 Å². The minimum absolute atomic E-state index is 0.439. The molecule has 4 heteroatoms. The first kappa shape index (κ1) is 8.87.